The van der Waals surface area contributed by atoms with Gasteiger partial charge in [0.15, 0.2) is 0 Å². The van der Waals surface area contributed by atoms with Crippen LogP contribution in [0.4, 0.5) is 0 Å². The Balaban J connectivity index is 2.07. The number of aryl methyl sites for hydroxylation is 1. The first-order valence-corrected chi connectivity index (χ1v) is 7.57. The van der Waals surface area contributed by atoms with Crippen LogP contribution < -0.4 is 4.74 Å². The SMILES string of the molecule is CCOC(=O)c1ccc2c(c1)c(C)cn2-c1ccc(OC)cc1. The molecule has 0 unspecified atom stereocenters. The number of carbonyl (C=O) groups excluding carboxylic acids is 1. The van der Waals surface area contributed by atoms with E-state index in [-0.39, 0.29) is 5.97 Å². The van der Waals surface area contributed by atoms with E-state index in [4.69, 9.17) is 9.47 Å². The van der Waals surface area contributed by atoms with Gasteiger partial charge in [-0.2, -0.15) is 0 Å². The normalized spacial score (nSPS) is 10.7. The van der Waals surface area contributed by atoms with Gasteiger partial charge in [0.05, 0.1) is 24.8 Å². The number of aromatic nitrogens is 1. The molecule has 4 heteroatoms. The Morgan fingerprint density at radius 1 is 1.13 bits per heavy atom. The highest BCUT2D eigenvalue weighted by atomic mass is 16.5. The predicted molar refractivity (Wildman–Crippen MR) is 90.5 cm³/mol. The fourth-order valence-corrected chi connectivity index (χ4v) is 2.69. The summed E-state index contributed by atoms with van der Waals surface area (Å²) in [6, 6.07) is 13.5. The molecule has 1 heterocycles. The summed E-state index contributed by atoms with van der Waals surface area (Å²) >= 11 is 0. The molecule has 3 rings (SSSR count). The molecular formula is C19H19NO3. The van der Waals surface area contributed by atoms with Crippen LogP contribution in [0.15, 0.2) is 48.7 Å². The lowest BCUT2D eigenvalue weighted by molar-refractivity contribution is 0.0526. The molecule has 0 saturated heterocycles. The van der Waals surface area contributed by atoms with Gasteiger partial charge in [-0.25, -0.2) is 4.79 Å². The minimum atomic E-state index is -0.286. The van der Waals surface area contributed by atoms with Crippen LogP contribution in [0.1, 0.15) is 22.8 Å². The van der Waals surface area contributed by atoms with E-state index in [9.17, 15) is 4.79 Å². The predicted octanol–water partition coefficient (Wildman–Crippen LogP) is 4.12. The van der Waals surface area contributed by atoms with E-state index in [0.717, 1.165) is 27.9 Å². The topological polar surface area (TPSA) is 40.5 Å². The lowest BCUT2D eigenvalue weighted by atomic mass is 10.1. The van der Waals surface area contributed by atoms with Crippen molar-refractivity contribution in [2.75, 3.05) is 13.7 Å². The first kappa shape index (κ1) is 15.2. The second-order valence-corrected chi connectivity index (χ2v) is 5.33. The lowest BCUT2D eigenvalue weighted by Crippen LogP contribution is -2.04. The van der Waals surface area contributed by atoms with Gasteiger partial charge in [0, 0.05) is 17.3 Å². The number of methoxy groups -OCH3 is 1. The third-order valence-electron chi connectivity index (χ3n) is 3.87. The van der Waals surface area contributed by atoms with Crippen LogP contribution in [0.2, 0.25) is 0 Å². The van der Waals surface area contributed by atoms with E-state index < -0.39 is 0 Å². The van der Waals surface area contributed by atoms with Crippen molar-refractivity contribution in [3.8, 4) is 11.4 Å². The zero-order valence-electron chi connectivity index (χ0n) is 13.5. The Kier molecular flexibility index (Phi) is 4.06. The number of fused-ring (bicyclic) bond motifs is 1. The molecule has 23 heavy (non-hydrogen) atoms. The zero-order valence-corrected chi connectivity index (χ0v) is 13.5. The summed E-state index contributed by atoms with van der Waals surface area (Å²) in [5.41, 5.74) is 3.80. The molecule has 0 aliphatic carbocycles. The maximum absolute atomic E-state index is 11.9. The van der Waals surface area contributed by atoms with Crippen LogP contribution in [-0.2, 0) is 4.74 Å². The Hall–Kier alpha value is -2.75. The average Bonchev–Trinajstić information content (AvgIpc) is 2.91. The summed E-state index contributed by atoms with van der Waals surface area (Å²) in [6.07, 6.45) is 2.07. The lowest BCUT2D eigenvalue weighted by Gasteiger charge is -2.07. The summed E-state index contributed by atoms with van der Waals surface area (Å²) in [4.78, 5) is 11.9. The molecule has 0 N–H and O–H groups in total. The van der Waals surface area contributed by atoms with Crippen LogP contribution in [0.5, 0.6) is 5.75 Å². The number of rotatable bonds is 4. The molecule has 3 aromatic rings. The van der Waals surface area contributed by atoms with Crippen LogP contribution in [0.25, 0.3) is 16.6 Å². The number of carbonyl (C=O) groups is 1. The number of benzene rings is 2. The van der Waals surface area contributed by atoms with Gasteiger partial charge in [-0.1, -0.05) is 0 Å². The fraction of sp³-hybridized carbons (Fsp3) is 0.211. The van der Waals surface area contributed by atoms with Crippen molar-refractivity contribution >= 4 is 16.9 Å². The van der Waals surface area contributed by atoms with Crippen LogP contribution >= 0.6 is 0 Å². The van der Waals surface area contributed by atoms with Crippen molar-refractivity contribution in [2.45, 2.75) is 13.8 Å². The number of hydrogen-bond acceptors (Lipinski definition) is 3. The summed E-state index contributed by atoms with van der Waals surface area (Å²) < 4.78 is 12.4. The molecule has 0 saturated carbocycles. The second-order valence-electron chi connectivity index (χ2n) is 5.33. The van der Waals surface area contributed by atoms with Gasteiger partial charge in [-0.05, 0) is 61.9 Å². The van der Waals surface area contributed by atoms with Crippen molar-refractivity contribution in [1.29, 1.82) is 0 Å². The zero-order chi connectivity index (χ0) is 16.4. The molecule has 0 spiro atoms. The molecule has 2 aromatic carbocycles. The fourth-order valence-electron chi connectivity index (χ4n) is 2.69. The summed E-state index contributed by atoms with van der Waals surface area (Å²) in [5.74, 6) is 0.539. The molecule has 0 aliphatic rings. The Morgan fingerprint density at radius 3 is 2.52 bits per heavy atom. The largest absolute Gasteiger partial charge is 0.497 e. The third-order valence-corrected chi connectivity index (χ3v) is 3.87. The van der Waals surface area contributed by atoms with Crippen molar-refractivity contribution in [3.63, 3.8) is 0 Å². The van der Waals surface area contributed by atoms with E-state index in [0.29, 0.717) is 12.2 Å². The Morgan fingerprint density at radius 2 is 1.87 bits per heavy atom. The molecule has 1 aromatic heterocycles. The number of nitrogens with zero attached hydrogens (tertiary/aromatic N) is 1. The summed E-state index contributed by atoms with van der Waals surface area (Å²) in [5, 5.41) is 1.05. The van der Waals surface area contributed by atoms with Crippen LogP contribution in [0.3, 0.4) is 0 Å². The second kappa shape index (κ2) is 6.16. The summed E-state index contributed by atoms with van der Waals surface area (Å²) in [6.45, 7) is 4.22. The molecule has 0 bridgehead atoms. The van der Waals surface area contributed by atoms with E-state index in [1.54, 1.807) is 13.2 Å². The Bertz CT molecular complexity index is 847. The number of hydrogen-bond donors (Lipinski definition) is 0. The van der Waals surface area contributed by atoms with Crippen molar-refractivity contribution in [1.82, 2.24) is 4.57 Å². The van der Waals surface area contributed by atoms with Gasteiger partial charge in [0.2, 0.25) is 0 Å². The van der Waals surface area contributed by atoms with Gasteiger partial charge in [0.25, 0.3) is 0 Å². The molecule has 0 aliphatic heterocycles. The Labute approximate surface area is 135 Å². The van der Waals surface area contributed by atoms with Crippen molar-refractivity contribution in [3.05, 3.63) is 59.8 Å². The van der Waals surface area contributed by atoms with Gasteiger partial charge >= 0.3 is 5.97 Å². The van der Waals surface area contributed by atoms with Gasteiger partial charge in [-0.15, -0.1) is 0 Å². The number of ether oxygens (including phenoxy) is 2. The van der Waals surface area contributed by atoms with E-state index in [1.807, 2.05) is 50.2 Å². The van der Waals surface area contributed by atoms with Crippen molar-refractivity contribution in [2.24, 2.45) is 0 Å². The maximum atomic E-state index is 11.9. The standard InChI is InChI=1S/C19H19NO3/c1-4-23-19(21)14-5-10-18-17(11-14)13(2)12-20(18)15-6-8-16(22-3)9-7-15/h5-12H,4H2,1-3H3. The molecule has 0 fully saturated rings. The third kappa shape index (κ3) is 2.80. The van der Waals surface area contributed by atoms with Gasteiger partial charge in [0.1, 0.15) is 5.75 Å². The molecule has 0 atom stereocenters. The van der Waals surface area contributed by atoms with Gasteiger partial charge < -0.3 is 14.0 Å². The van der Waals surface area contributed by atoms with Gasteiger partial charge in [-0.3, -0.25) is 0 Å². The van der Waals surface area contributed by atoms with E-state index in [2.05, 4.69) is 10.8 Å². The first-order chi connectivity index (χ1) is 11.1. The minimum Gasteiger partial charge on any atom is -0.497 e. The molecule has 118 valence electrons. The van der Waals surface area contributed by atoms with Crippen LogP contribution in [-0.4, -0.2) is 24.3 Å². The average molecular weight is 309 g/mol. The molecule has 0 radical (unpaired) electrons. The van der Waals surface area contributed by atoms with Crippen LogP contribution in [0, 0.1) is 6.92 Å². The first-order valence-electron chi connectivity index (χ1n) is 7.57. The molecular weight excluding hydrogens is 290 g/mol. The minimum absolute atomic E-state index is 0.286. The molecule has 4 nitrogen and oxygen atoms in total. The molecule has 0 amide bonds. The number of esters is 1. The maximum Gasteiger partial charge on any atom is 0.338 e. The van der Waals surface area contributed by atoms with E-state index >= 15 is 0 Å². The van der Waals surface area contributed by atoms with Crippen molar-refractivity contribution < 1.29 is 14.3 Å². The summed E-state index contributed by atoms with van der Waals surface area (Å²) in [7, 11) is 1.65. The highest BCUT2D eigenvalue weighted by Gasteiger charge is 2.12. The monoisotopic (exact) mass is 309 g/mol. The quantitative estimate of drug-likeness (QED) is 0.681. The van der Waals surface area contributed by atoms with E-state index in [1.165, 1.54) is 0 Å². The highest BCUT2D eigenvalue weighted by molar-refractivity contribution is 5.96. The highest BCUT2D eigenvalue weighted by Crippen LogP contribution is 2.26. The smallest absolute Gasteiger partial charge is 0.338 e.